The molecular formula is C22H18F3N3O4. The number of rotatable bonds is 5. The molecule has 1 N–H and O–H groups in total. The molecule has 1 aliphatic rings. The lowest BCUT2D eigenvalue weighted by Gasteiger charge is -2.14. The van der Waals surface area contributed by atoms with Crippen molar-refractivity contribution in [3.63, 3.8) is 0 Å². The molecule has 10 heteroatoms. The van der Waals surface area contributed by atoms with Crippen molar-refractivity contribution in [3.8, 4) is 11.4 Å². The number of carbonyl (C=O) groups is 2. The number of benzene rings is 2. The van der Waals surface area contributed by atoms with E-state index in [1.165, 1.54) is 31.2 Å². The second-order valence-corrected chi connectivity index (χ2v) is 6.99. The molecule has 3 aromatic rings. The molecule has 1 amide bonds. The number of para-hydroxylation sites is 1. The van der Waals surface area contributed by atoms with E-state index in [4.69, 9.17) is 9.47 Å². The SMILES string of the molecule is CCOC(=O)c1cnn(-c2ccc(NC(=O)C3Cc4ccccc4O3)cc2)c1C(F)(F)F. The number of hydrogen-bond acceptors (Lipinski definition) is 5. The highest BCUT2D eigenvalue weighted by atomic mass is 19.4. The third kappa shape index (κ3) is 4.16. The molecule has 166 valence electrons. The molecule has 2 aromatic carbocycles. The molecule has 1 aromatic heterocycles. The average molecular weight is 445 g/mol. The van der Waals surface area contributed by atoms with Gasteiger partial charge in [0.05, 0.1) is 18.5 Å². The second kappa shape index (κ2) is 8.37. The first kappa shape index (κ1) is 21.4. The largest absolute Gasteiger partial charge is 0.480 e. The van der Waals surface area contributed by atoms with E-state index in [1.807, 2.05) is 18.2 Å². The summed E-state index contributed by atoms with van der Waals surface area (Å²) in [4.78, 5) is 24.4. The van der Waals surface area contributed by atoms with Crippen LogP contribution in [0.1, 0.15) is 28.5 Å². The summed E-state index contributed by atoms with van der Waals surface area (Å²) in [5.41, 5.74) is -0.529. The number of amides is 1. The van der Waals surface area contributed by atoms with Crippen LogP contribution in [0.5, 0.6) is 5.75 Å². The van der Waals surface area contributed by atoms with Gasteiger partial charge in [0.2, 0.25) is 0 Å². The van der Waals surface area contributed by atoms with Crippen molar-refractivity contribution in [1.29, 1.82) is 0 Å². The fraction of sp³-hybridized carbons (Fsp3) is 0.227. The smallest absolute Gasteiger partial charge is 0.434 e. The van der Waals surface area contributed by atoms with Crippen LogP contribution < -0.4 is 10.1 Å². The first-order valence-electron chi connectivity index (χ1n) is 9.76. The Morgan fingerprint density at radius 2 is 1.91 bits per heavy atom. The molecule has 7 nitrogen and oxygen atoms in total. The van der Waals surface area contributed by atoms with Crippen LogP contribution in [0.25, 0.3) is 5.69 Å². The van der Waals surface area contributed by atoms with E-state index in [-0.39, 0.29) is 18.2 Å². The van der Waals surface area contributed by atoms with Crippen molar-refractivity contribution >= 4 is 17.6 Å². The molecule has 4 rings (SSSR count). The number of nitrogens with one attached hydrogen (secondary N) is 1. The molecule has 0 saturated carbocycles. The number of hydrogen-bond donors (Lipinski definition) is 1. The van der Waals surface area contributed by atoms with E-state index >= 15 is 0 Å². The lowest BCUT2D eigenvalue weighted by molar-refractivity contribution is -0.143. The van der Waals surface area contributed by atoms with Gasteiger partial charge in [-0.1, -0.05) is 18.2 Å². The van der Waals surface area contributed by atoms with E-state index in [9.17, 15) is 22.8 Å². The van der Waals surface area contributed by atoms with Crippen molar-refractivity contribution in [2.24, 2.45) is 0 Å². The minimum absolute atomic E-state index is 0.0640. The van der Waals surface area contributed by atoms with Gasteiger partial charge in [-0.25, -0.2) is 9.48 Å². The summed E-state index contributed by atoms with van der Waals surface area (Å²) < 4.78 is 51.8. The minimum atomic E-state index is -4.83. The van der Waals surface area contributed by atoms with Crippen LogP contribution in [-0.4, -0.2) is 34.4 Å². The maximum Gasteiger partial charge on any atom is 0.434 e. The zero-order valence-electron chi connectivity index (χ0n) is 16.8. The summed E-state index contributed by atoms with van der Waals surface area (Å²) in [6.45, 7) is 1.43. The van der Waals surface area contributed by atoms with Gasteiger partial charge in [0.1, 0.15) is 11.3 Å². The third-order valence-corrected chi connectivity index (χ3v) is 4.85. The molecule has 2 heterocycles. The topological polar surface area (TPSA) is 82.5 Å². The fourth-order valence-electron chi connectivity index (χ4n) is 3.41. The number of alkyl halides is 3. The predicted octanol–water partition coefficient (Wildman–Crippen LogP) is 4.01. The van der Waals surface area contributed by atoms with E-state index in [2.05, 4.69) is 10.4 Å². The van der Waals surface area contributed by atoms with Gasteiger partial charge in [-0.15, -0.1) is 0 Å². The summed E-state index contributed by atoms with van der Waals surface area (Å²) in [6.07, 6.45) is -4.27. The highest BCUT2D eigenvalue weighted by molar-refractivity contribution is 5.95. The molecule has 0 aliphatic carbocycles. The van der Waals surface area contributed by atoms with Crippen molar-refractivity contribution in [2.45, 2.75) is 25.6 Å². The van der Waals surface area contributed by atoms with Gasteiger partial charge in [0.15, 0.2) is 11.8 Å². The highest BCUT2D eigenvalue weighted by Crippen LogP contribution is 2.34. The summed E-state index contributed by atoms with van der Waals surface area (Å²) in [6, 6.07) is 12.9. The molecular weight excluding hydrogens is 427 g/mol. The Labute approximate surface area is 180 Å². The van der Waals surface area contributed by atoms with Crippen LogP contribution >= 0.6 is 0 Å². The number of anilines is 1. The number of nitrogens with zero attached hydrogens (tertiary/aromatic N) is 2. The summed E-state index contributed by atoms with van der Waals surface area (Å²) >= 11 is 0. The third-order valence-electron chi connectivity index (χ3n) is 4.85. The summed E-state index contributed by atoms with van der Waals surface area (Å²) in [5.74, 6) is -0.820. The number of fused-ring (bicyclic) bond motifs is 1. The van der Waals surface area contributed by atoms with Gasteiger partial charge >= 0.3 is 12.1 Å². The van der Waals surface area contributed by atoms with E-state index in [0.717, 1.165) is 11.8 Å². The Hall–Kier alpha value is -3.82. The molecule has 32 heavy (non-hydrogen) atoms. The van der Waals surface area contributed by atoms with Gasteiger partial charge in [0.25, 0.3) is 5.91 Å². The van der Waals surface area contributed by atoms with Crippen molar-refractivity contribution < 1.29 is 32.2 Å². The number of halogens is 3. The first-order chi connectivity index (χ1) is 15.3. The number of carbonyl (C=O) groups excluding carboxylic acids is 2. The standard InChI is InChI=1S/C22H18F3N3O4/c1-2-31-21(30)16-12-26-28(19(16)22(23,24)25)15-9-7-14(8-10-15)27-20(29)18-11-13-5-3-4-6-17(13)32-18/h3-10,12,18H,2,11H2,1H3,(H,27,29). The monoisotopic (exact) mass is 445 g/mol. The Balaban J connectivity index is 1.52. The summed E-state index contributed by atoms with van der Waals surface area (Å²) in [7, 11) is 0. The van der Waals surface area contributed by atoms with Crippen molar-refractivity contribution in [3.05, 3.63) is 71.5 Å². The lowest BCUT2D eigenvalue weighted by Crippen LogP contribution is -2.31. The van der Waals surface area contributed by atoms with Gasteiger partial charge in [-0.3, -0.25) is 4.79 Å². The first-order valence-corrected chi connectivity index (χ1v) is 9.76. The van der Waals surface area contributed by atoms with Crippen LogP contribution in [0.15, 0.2) is 54.7 Å². The Bertz CT molecular complexity index is 1130. The van der Waals surface area contributed by atoms with Gasteiger partial charge in [-0.2, -0.15) is 18.3 Å². The Morgan fingerprint density at radius 1 is 1.19 bits per heavy atom. The predicted molar refractivity (Wildman–Crippen MR) is 108 cm³/mol. The molecule has 1 unspecified atom stereocenters. The zero-order valence-corrected chi connectivity index (χ0v) is 16.8. The molecule has 0 fully saturated rings. The molecule has 1 aliphatic heterocycles. The maximum atomic E-state index is 13.6. The molecule has 0 bridgehead atoms. The van der Waals surface area contributed by atoms with Crippen LogP contribution in [0.4, 0.5) is 18.9 Å². The van der Waals surface area contributed by atoms with E-state index in [1.54, 1.807) is 6.07 Å². The second-order valence-electron chi connectivity index (χ2n) is 6.99. The minimum Gasteiger partial charge on any atom is -0.480 e. The Morgan fingerprint density at radius 3 is 2.56 bits per heavy atom. The Kier molecular flexibility index (Phi) is 5.60. The van der Waals surface area contributed by atoms with Gasteiger partial charge in [0, 0.05) is 12.1 Å². The maximum absolute atomic E-state index is 13.6. The molecule has 0 saturated heterocycles. The van der Waals surface area contributed by atoms with Gasteiger partial charge in [-0.05, 0) is 42.8 Å². The number of esters is 1. The number of aromatic nitrogens is 2. The van der Waals surface area contributed by atoms with Crippen LogP contribution in [0, 0.1) is 0 Å². The van der Waals surface area contributed by atoms with Crippen LogP contribution in [0.2, 0.25) is 0 Å². The lowest BCUT2D eigenvalue weighted by atomic mass is 10.1. The van der Waals surface area contributed by atoms with Crippen LogP contribution in [0.3, 0.4) is 0 Å². The molecule has 0 radical (unpaired) electrons. The zero-order chi connectivity index (χ0) is 22.9. The average Bonchev–Trinajstić information content (AvgIpc) is 3.39. The summed E-state index contributed by atoms with van der Waals surface area (Å²) in [5, 5.41) is 6.41. The number of ether oxygens (including phenoxy) is 2. The van der Waals surface area contributed by atoms with E-state index in [0.29, 0.717) is 22.5 Å². The molecule has 1 atom stereocenters. The molecule has 0 spiro atoms. The highest BCUT2D eigenvalue weighted by Gasteiger charge is 2.41. The van der Waals surface area contributed by atoms with Crippen molar-refractivity contribution in [1.82, 2.24) is 9.78 Å². The van der Waals surface area contributed by atoms with Crippen molar-refractivity contribution in [2.75, 3.05) is 11.9 Å². The quantitative estimate of drug-likeness (QED) is 0.600. The fourth-order valence-corrected chi connectivity index (χ4v) is 3.41. The van der Waals surface area contributed by atoms with E-state index < -0.39 is 29.5 Å². The van der Waals surface area contributed by atoms with Gasteiger partial charge < -0.3 is 14.8 Å². The normalized spacial score (nSPS) is 15.1. The van der Waals surface area contributed by atoms with Crippen LogP contribution in [-0.2, 0) is 22.1 Å².